The Hall–Kier alpha value is -1.24. The highest BCUT2D eigenvalue weighted by Crippen LogP contribution is 2.41. The minimum absolute atomic E-state index is 0.0223. The average Bonchev–Trinajstić information content (AvgIpc) is 2.92. The molecule has 6 nitrogen and oxygen atoms in total. The second kappa shape index (κ2) is 5.51. The number of hydrogen-bond acceptors (Lipinski definition) is 6. The van der Waals surface area contributed by atoms with Gasteiger partial charge in [0.2, 0.25) is 0 Å². The third kappa shape index (κ3) is 3.02. The molecule has 7 heteroatoms. The van der Waals surface area contributed by atoms with Gasteiger partial charge in [0.25, 0.3) is 0 Å². The first-order valence-corrected chi connectivity index (χ1v) is 7.43. The number of ketones is 1. The lowest BCUT2D eigenvalue weighted by Crippen LogP contribution is -2.33. The highest BCUT2D eigenvalue weighted by atomic mass is 35.5. The maximum absolute atomic E-state index is 12.4. The second-order valence-electron chi connectivity index (χ2n) is 5.84. The quantitative estimate of drug-likeness (QED) is 0.917. The number of nitrogens with zero attached hydrogens (tertiary/aromatic N) is 2. The summed E-state index contributed by atoms with van der Waals surface area (Å²) in [6.07, 6.45) is 4.56. The van der Waals surface area contributed by atoms with E-state index in [1.165, 1.54) is 12.4 Å². The number of anilines is 1. The molecule has 2 aliphatic rings. The summed E-state index contributed by atoms with van der Waals surface area (Å²) in [5.41, 5.74) is 0. The molecule has 3 rings (SSSR count). The van der Waals surface area contributed by atoms with Gasteiger partial charge >= 0.3 is 0 Å². The number of fused-ring (bicyclic) bond motifs is 1. The van der Waals surface area contributed by atoms with Gasteiger partial charge in [-0.25, -0.2) is 9.97 Å². The van der Waals surface area contributed by atoms with Crippen molar-refractivity contribution in [2.24, 2.45) is 5.92 Å². The molecular formula is C14H18ClN3O3. The topological polar surface area (TPSA) is 73.3 Å². The lowest BCUT2D eigenvalue weighted by molar-refractivity contribution is -0.158. The van der Waals surface area contributed by atoms with Gasteiger partial charge in [-0.1, -0.05) is 11.6 Å². The summed E-state index contributed by atoms with van der Waals surface area (Å²) in [5.74, 6) is -0.230. The van der Waals surface area contributed by atoms with Crippen molar-refractivity contribution in [2.45, 2.75) is 44.7 Å². The van der Waals surface area contributed by atoms with Crippen molar-refractivity contribution in [3.8, 4) is 0 Å². The number of hydrogen-bond donors (Lipinski definition) is 1. The standard InChI is InChI=1S/C14H18ClN3O3/c1-14(2)20-10-4-3-8(11(10)21-14)9(19)7-18-13-12(15)16-5-6-17-13/h5-6,8,10-11H,3-4,7H2,1-2H3,(H,17,18)/t8-,10?,11+/m0/s1. The van der Waals surface area contributed by atoms with Crippen LogP contribution in [0.15, 0.2) is 12.4 Å². The van der Waals surface area contributed by atoms with Gasteiger partial charge in [0, 0.05) is 18.3 Å². The lowest BCUT2D eigenvalue weighted by Gasteiger charge is -2.21. The Bertz CT molecular complexity index is 552. The van der Waals surface area contributed by atoms with Gasteiger partial charge < -0.3 is 14.8 Å². The molecule has 1 unspecified atom stereocenters. The predicted octanol–water partition coefficient (Wildman–Crippen LogP) is 2.04. The van der Waals surface area contributed by atoms with Crippen molar-refractivity contribution >= 4 is 23.2 Å². The number of aromatic nitrogens is 2. The molecule has 114 valence electrons. The van der Waals surface area contributed by atoms with Gasteiger partial charge in [0.15, 0.2) is 22.5 Å². The van der Waals surface area contributed by atoms with E-state index in [9.17, 15) is 4.79 Å². The summed E-state index contributed by atoms with van der Waals surface area (Å²) < 4.78 is 11.7. The molecular weight excluding hydrogens is 294 g/mol. The summed E-state index contributed by atoms with van der Waals surface area (Å²) in [5, 5.41) is 3.20. The van der Waals surface area contributed by atoms with Gasteiger partial charge in [-0.2, -0.15) is 0 Å². The van der Waals surface area contributed by atoms with Crippen LogP contribution in [0.4, 0.5) is 5.82 Å². The number of ether oxygens (including phenoxy) is 2. The average molecular weight is 312 g/mol. The zero-order chi connectivity index (χ0) is 15.0. The maximum Gasteiger partial charge on any atom is 0.171 e. The van der Waals surface area contributed by atoms with Gasteiger partial charge in [-0.3, -0.25) is 4.79 Å². The van der Waals surface area contributed by atoms with Crippen LogP contribution < -0.4 is 5.32 Å². The van der Waals surface area contributed by atoms with E-state index in [2.05, 4.69) is 15.3 Å². The van der Waals surface area contributed by atoms with Gasteiger partial charge in [0.1, 0.15) is 0 Å². The molecule has 1 aromatic heterocycles. The predicted molar refractivity (Wildman–Crippen MR) is 77.1 cm³/mol. The Kier molecular flexibility index (Phi) is 3.86. The van der Waals surface area contributed by atoms with Crippen molar-refractivity contribution in [3.63, 3.8) is 0 Å². The van der Waals surface area contributed by atoms with Crippen molar-refractivity contribution in [1.29, 1.82) is 0 Å². The van der Waals surface area contributed by atoms with Crippen molar-refractivity contribution in [3.05, 3.63) is 17.5 Å². The van der Waals surface area contributed by atoms with Gasteiger partial charge in [-0.15, -0.1) is 0 Å². The Morgan fingerprint density at radius 1 is 1.38 bits per heavy atom. The van der Waals surface area contributed by atoms with Crippen LogP contribution >= 0.6 is 11.6 Å². The molecule has 1 aromatic rings. The summed E-state index contributed by atoms with van der Waals surface area (Å²) in [4.78, 5) is 20.4. The molecule has 2 fully saturated rings. The van der Waals surface area contributed by atoms with Crippen LogP contribution in [-0.2, 0) is 14.3 Å². The normalized spacial score (nSPS) is 30.1. The molecule has 2 heterocycles. The number of Topliss-reactive ketones (excluding diaryl/α,β-unsaturated/α-hetero) is 1. The number of rotatable bonds is 4. The lowest BCUT2D eigenvalue weighted by atomic mass is 10.00. The molecule has 1 saturated carbocycles. The number of carbonyl (C=O) groups excluding carboxylic acids is 1. The van der Waals surface area contributed by atoms with Crippen molar-refractivity contribution in [1.82, 2.24) is 9.97 Å². The molecule has 1 aliphatic carbocycles. The van der Waals surface area contributed by atoms with E-state index in [-0.39, 0.29) is 35.6 Å². The van der Waals surface area contributed by atoms with Gasteiger partial charge in [-0.05, 0) is 26.7 Å². The molecule has 0 spiro atoms. The molecule has 0 aromatic carbocycles. The fourth-order valence-corrected chi connectivity index (χ4v) is 3.19. The van der Waals surface area contributed by atoms with Crippen LogP contribution in [0.1, 0.15) is 26.7 Å². The third-order valence-corrected chi connectivity index (χ3v) is 4.15. The summed E-state index contributed by atoms with van der Waals surface area (Å²) >= 11 is 5.90. The first-order valence-electron chi connectivity index (χ1n) is 7.05. The first kappa shape index (κ1) is 14.7. The van der Waals surface area contributed by atoms with E-state index in [1.807, 2.05) is 13.8 Å². The Morgan fingerprint density at radius 2 is 2.14 bits per heavy atom. The van der Waals surface area contributed by atoms with Crippen molar-refractivity contribution in [2.75, 3.05) is 11.9 Å². The monoisotopic (exact) mass is 311 g/mol. The smallest absolute Gasteiger partial charge is 0.171 e. The molecule has 0 radical (unpaired) electrons. The summed E-state index contributed by atoms with van der Waals surface area (Å²) in [6.45, 7) is 3.92. The number of carbonyl (C=O) groups is 1. The van der Waals surface area contributed by atoms with E-state index < -0.39 is 5.79 Å². The first-order chi connectivity index (χ1) is 9.96. The van der Waals surface area contributed by atoms with E-state index in [0.717, 1.165) is 12.8 Å². The third-order valence-electron chi connectivity index (χ3n) is 3.88. The van der Waals surface area contributed by atoms with Crippen LogP contribution in [-0.4, -0.2) is 40.3 Å². The Labute approximate surface area is 128 Å². The van der Waals surface area contributed by atoms with Crippen molar-refractivity contribution < 1.29 is 14.3 Å². The molecule has 21 heavy (non-hydrogen) atoms. The van der Waals surface area contributed by atoms with Crippen LogP contribution in [0.3, 0.4) is 0 Å². The van der Waals surface area contributed by atoms with Crippen LogP contribution in [0, 0.1) is 5.92 Å². The zero-order valence-corrected chi connectivity index (χ0v) is 12.8. The fourth-order valence-electron chi connectivity index (χ4n) is 3.02. The number of nitrogens with one attached hydrogen (secondary N) is 1. The van der Waals surface area contributed by atoms with Crippen LogP contribution in [0.5, 0.6) is 0 Å². The minimum Gasteiger partial charge on any atom is -0.360 e. The maximum atomic E-state index is 12.4. The number of halogens is 1. The molecule has 3 atom stereocenters. The van der Waals surface area contributed by atoms with Crippen LogP contribution in [0.25, 0.3) is 0 Å². The second-order valence-corrected chi connectivity index (χ2v) is 6.20. The Morgan fingerprint density at radius 3 is 2.90 bits per heavy atom. The highest BCUT2D eigenvalue weighted by molar-refractivity contribution is 6.31. The van der Waals surface area contributed by atoms with Gasteiger partial charge in [0.05, 0.1) is 18.8 Å². The van der Waals surface area contributed by atoms with E-state index in [1.54, 1.807) is 0 Å². The molecule has 1 N–H and O–H groups in total. The van der Waals surface area contributed by atoms with E-state index in [4.69, 9.17) is 21.1 Å². The molecule has 0 bridgehead atoms. The van der Waals surface area contributed by atoms with E-state index in [0.29, 0.717) is 5.82 Å². The molecule has 0 amide bonds. The highest BCUT2D eigenvalue weighted by Gasteiger charge is 2.50. The van der Waals surface area contributed by atoms with E-state index >= 15 is 0 Å². The fraction of sp³-hybridized carbons (Fsp3) is 0.643. The SMILES string of the molecule is CC1(C)OC2CC[C@@H](C(=O)CNc3nccnc3Cl)[C@H]2O1. The van der Waals surface area contributed by atoms with Crippen LogP contribution in [0.2, 0.25) is 5.15 Å². The summed E-state index contributed by atoms with van der Waals surface area (Å²) in [6, 6.07) is 0. The Balaban J connectivity index is 1.60. The molecule has 1 aliphatic heterocycles. The molecule has 1 saturated heterocycles. The largest absolute Gasteiger partial charge is 0.360 e. The minimum atomic E-state index is -0.601. The zero-order valence-electron chi connectivity index (χ0n) is 12.0. The summed E-state index contributed by atoms with van der Waals surface area (Å²) in [7, 11) is 0.